The zero-order chi connectivity index (χ0) is 24.6. The highest BCUT2D eigenvalue weighted by Crippen LogP contribution is 2.38. The molecule has 0 saturated heterocycles. The van der Waals surface area contributed by atoms with Crippen molar-refractivity contribution in [2.45, 2.75) is 26.7 Å². The summed E-state index contributed by atoms with van der Waals surface area (Å²) in [5.41, 5.74) is 5.65. The minimum atomic E-state index is -0.113. The zero-order valence-electron chi connectivity index (χ0n) is 20.5. The Hall–Kier alpha value is -3.99. The molecule has 0 saturated carbocycles. The molecular weight excluding hydrogens is 438 g/mol. The Morgan fingerprint density at radius 2 is 1.89 bits per heavy atom. The summed E-state index contributed by atoms with van der Waals surface area (Å²) in [6, 6.07) is 22.1. The number of carbonyl (C=O) groups is 1. The van der Waals surface area contributed by atoms with E-state index in [1.54, 1.807) is 19.4 Å². The van der Waals surface area contributed by atoms with E-state index in [2.05, 4.69) is 17.4 Å². The van der Waals surface area contributed by atoms with Crippen LogP contribution in [0.4, 0.5) is 0 Å². The molecule has 1 aromatic heterocycles. The molecule has 0 aliphatic carbocycles. The number of rotatable bonds is 10. The topological polar surface area (TPSA) is 60.7 Å². The lowest BCUT2D eigenvalue weighted by atomic mass is 9.99. The molecule has 1 N–H and O–H groups in total. The van der Waals surface area contributed by atoms with Crippen molar-refractivity contribution in [3.63, 3.8) is 0 Å². The number of ether oxygens (including phenoxy) is 2. The predicted octanol–water partition coefficient (Wildman–Crippen LogP) is 6.66. The molecule has 0 spiro atoms. The monoisotopic (exact) mass is 469 g/mol. The van der Waals surface area contributed by atoms with Crippen molar-refractivity contribution in [1.82, 2.24) is 5.32 Å². The summed E-state index contributed by atoms with van der Waals surface area (Å²) < 4.78 is 17.1. The molecule has 0 radical (unpaired) electrons. The fraction of sp³-hybridized carbons (Fsp3) is 0.233. The van der Waals surface area contributed by atoms with E-state index in [1.807, 2.05) is 68.4 Å². The smallest absolute Gasteiger partial charge is 0.244 e. The molecule has 0 aliphatic heterocycles. The van der Waals surface area contributed by atoms with Crippen LogP contribution < -0.4 is 14.8 Å². The van der Waals surface area contributed by atoms with Crippen LogP contribution in [0.3, 0.4) is 0 Å². The summed E-state index contributed by atoms with van der Waals surface area (Å²) in [6.45, 7) is 5.01. The van der Waals surface area contributed by atoms with Gasteiger partial charge in [-0.05, 0) is 61.6 Å². The fourth-order valence-electron chi connectivity index (χ4n) is 4.13. The Balaban J connectivity index is 1.55. The Bertz CT molecular complexity index is 1320. The van der Waals surface area contributed by atoms with E-state index in [0.29, 0.717) is 18.9 Å². The number of amides is 1. The number of carbonyl (C=O) groups excluding carboxylic acids is 1. The van der Waals surface area contributed by atoms with Gasteiger partial charge in [0.2, 0.25) is 5.91 Å². The number of hydrogen-bond donors (Lipinski definition) is 1. The van der Waals surface area contributed by atoms with Gasteiger partial charge in [0.15, 0.2) is 0 Å². The van der Waals surface area contributed by atoms with E-state index in [4.69, 9.17) is 13.9 Å². The molecule has 35 heavy (non-hydrogen) atoms. The number of benzene rings is 3. The Kier molecular flexibility index (Phi) is 7.88. The molecule has 180 valence electrons. The number of fused-ring (bicyclic) bond motifs is 1. The Morgan fingerprint density at radius 1 is 1.06 bits per heavy atom. The van der Waals surface area contributed by atoms with Gasteiger partial charge in [0.05, 0.1) is 20.0 Å². The predicted molar refractivity (Wildman–Crippen MR) is 141 cm³/mol. The molecule has 3 aromatic carbocycles. The average Bonchev–Trinajstić information content (AvgIpc) is 3.30. The fourth-order valence-corrected chi connectivity index (χ4v) is 4.13. The van der Waals surface area contributed by atoms with Crippen LogP contribution in [0.1, 0.15) is 31.4 Å². The van der Waals surface area contributed by atoms with Gasteiger partial charge in [-0.25, -0.2) is 0 Å². The molecule has 5 heteroatoms. The Labute approximate surface area is 206 Å². The summed E-state index contributed by atoms with van der Waals surface area (Å²) >= 11 is 0. The summed E-state index contributed by atoms with van der Waals surface area (Å²) in [5, 5.41) is 3.95. The van der Waals surface area contributed by atoms with E-state index < -0.39 is 0 Å². The van der Waals surface area contributed by atoms with Gasteiger partial charge in [0.25, 0.3) is 0 Å². The quantitative estimate of drug-likeness (QED) is 0.208. The summed E-state index contributed by atoms with van der Waals surface area (Å²) in [5.74, 6) is 1.36. The van der Waals surface area contributed by atoms with Crippen molar-refractivity contribution in [2.24, 2.45) is 0 Å². The lowest BCUT2D eigenvalue weighted by Crippen LogP contribution is -2.22. The van der Waals surface area contributed by atoms with Gasteiger partial charge in [-0.15, -0.1) is 0 Å². The molecule has 0 bridgehead atoms. The zero-order valence-corrected chi connectivity index (χ0v) is 20.5. The van der Waals surface area contributed by atoms with Crippen LogP contribution in [-0.2, 0) is 11.2 Å². The second-order valence-electron chi connectivity index (χ2n) is 8.37. The average molecular weight is 470 g/mol. The molecule has 5 nitrogen and oxygen atoms in total. The highest BCUT2D eigenvalue weighted by molar-refractivity contribution is 6.00. The highest BCUT2D eigenvalue weighted by Gasteiger charge is 2.15. The molecule has 4 aromatic rings. The van der Waals surface area contributed by atoms with E-state index in [-0.39, 0.29) is 5.91 Å². The molecule has 0 fully saturated rings. The van der Waals surface area contributed by atoms with Crippen LogP contribution in [0.5, 0.6) is 11.5 Å². The van der Waals surface area contributed by atoms with E-state index >= 15 is 0 Å². The maximum Gasteiger partial charge on any atom is 0.244 e. The van der Waals surface area contributed by atoms with Crippen molar-refractivity contribution in [2.75, 3.05) is 20.3 Å². The molecular formula is C30H31NO4. The molecule has 4 rings (SSSR count). The highest BCUT2D eigenvalue weighted by atomic mass is 16.5. The third kappa shape index (κ3) is 5.93. The standard InChI is InChI=1S/C30H31NO4/c1-4-34-28-19-29-26(27(20-35-29)23-13-8-14-24(17-23)33-3)18-25(28)21(2)16-30(32)31-15-9-12-22-10-6-5-7-11-22/h5-8,10-11,13-14,16-20H,4,9,12,15H2,1-3H3,(H,31,32)/b21-16+. The van der Waals surface area contributed by atoms with Crippen LogP contribution in [0, 0.1) is 0 Å². The third-order valence-corrected chi connectivity index (χ3v) is 5.91. The minimum Gasteiger partial charge on any atom is -0.497 e. The summed E-state index contributed by atoms with van der Waals surface area (Å²) in [6.07, 6.45) is 5.20. The van der Waals surface area contributed by atoms with Gasteiger partial charge in [0.1, 0.15) is 17.1 Å². The SMILES string of the molecule is CCOc1cc2occ(-c3cccc(OC)c3)c2cc1/C(C)=C/C(=O)NCCCc1ccccc1. The number of methoxy groups -OCH3 is 1. The first-order chi connectivity index (χ1) is 17.1. The van der Waals surface area contributed by atoms with Gasteiger partial charge >= 0.3 is 0 Å². The van der Waals surface area contributed by atoms with Crippen molar-refractivity contribution < 1.29 is 18.7 Å². The van der Waals surface area contributed by atoms with Crippen molar-refractivity contribution in [3.8, 4) is 22.6 Å². The number of furan rings is 1. The van der Waals surface area contributed by atoms with E-state index in [1.165, 1.54) is 5.56 Å². The first kappa shape index (κ1) is 24.1. The second kappa shape index (κ2) is 11.4. The number of allylic oxidation sites excluding steroid dienone is 1. The van der Waals surface area contributed by atoms with Crippen LogP contribution in [-0.4, -0.2) is 26.2 Å². The lowest BCUT2D eigenvalue weighted by molar-refractivity contribution is -0.116. The third-order valence-electron chi connectivity index (χ3n) is 5.91. The molecule has 0 unspecified atom stereocenters. The first-order valence-corrected chi connectivity index (χ1v) is 11.9. The maximum atomic E-state index is 12.6. The van der Waals surface area contributed by atoms with Crippen molar-refractivity contribution in [3.05, 3.63) is 90.2 Å². The number of aryl methyl sites for hydroxylation is 1. The normalized spacial score (nSPS) is 11.5. The van der Waals surface area contributed by atoms with Crippen LogP contribution in [0.25, 0.3) is 27.7 Å². The summed E-state index contributed by atoms with van der Waals surface area (Å²) in [7, 11) is 1.65. The largest absolute Gasteiger partial charge is 0.497 e. The first-order valence-electron chi connectivity index (χ1n) is 11.9. The minimum absolute atomic E-state index is 0.113. The van der Waals surface area contributed by atoms with E-state index in [0.717, 1.165) is 51.8 Å². The van der Waals surface area contributed by atoms with Crippen LogP contribution >= 0.6 is 0 Å². The molecule has 0 atom stereocenters. The molecule has 1 heterocycles. The van der Waals surface area contributed by atoms with Crippen molar-refractivity contribution >= 4 is 22.4 Å². The summed E-state index contributed by atoms with van der Waals surface area (Å²) in [4.78, 5) is 12.6. The van der Waals surface area contributed by atoms with Gasteiger partial charge in [0, 0.05) is 35.2 Å². The number of hydrogen-bond acceptors (Lipinski definition) is 4. The maximum absolute atomic E-state index is 12.6. The van der Waals surface area contributed by atoms with Gasteiger partial charge in [-0.2, -0.15) is 0 Å². The number of nitrogens with one attached hydrogen (secondary N) is 1. The molecule has 1 amide bonds. The van der Waals surface area contributed by atoms with E-state index in [9.17, 15) is 4.79 Å². The second-order valence-corrected chi connectivity index (χ2v) is 8.37. The van der Waals surface area contributed by atoms with Crippen LogP contribution in [0.2, 0.25) is 0 Å². The van der Waals surface area contributed by atoms with Crippen LogP contribution in [0.15, 0.2) is 83.5 Å². The molecule has 0 aliphatic rings. The van der Waals surface area contributed by atoms with Crippen molar-refractivity contribution in [1.29, 1.82) is 0 Å². The van der Waals surface area contributed by atoms with Gasteiger partial charge in [-0.3, -0.25) is 4.79 Å². The van der Waals surface area contributed by atoms with Gasteiger partial charge in [-0.1, -0.05) is 42.5 Å². The lowest BCUT2D eigenvalue weighted by Gasteiger charge is -2.12. The Morgan fingerprint density at radius 3 is 2.66 bits per heavy atom. The van der Waals surface area contributed by atoms with Gasteiger partial charge < -0.3 is 19.2 Å².